The molecule has 2 aromatic carbocycles. The molecular formula is C17H14F6N2O2S. The van der Waals surface area contributed by atoms with Gasteiger partial charge in [-0.05, 0) is 24.3 Å². The fourth-order valence-electron chi connectivity index (χ4n) is 2.06. The third-order valence-electron chi connectivity index (χ3n) is 3.15. The molecule has 11 heteroatoms. The first-order valence-electron chi connectivity index (χ1n) is 7.71. The Hall–Kier alpha value is -2.56. The van der Waals surface area contributed by atoms with Gasteiger partial charge in [0.25, 0.3) is 5.76 Å². The van der Waals surface area contributed by atoms with Gasteiger partial charge >= 0.3 is 6.18 Å². The van der Waals surface area contributed by atoms with E-state index >= 15 is 0 Å². The van der Waals surface area contributed by atoms with Crippen molar-refractivity contribution in [1.82, 2.24) is 0 Å². The van der Waals surface area contributed by atoms with Crippen LogP contribution in [0.4, 0.5) is 37.7 Å². The van der Waals surface area contributed by atoms with Crippen molar-refractivity contribution < 1.29 is 35.9 Å². The van der Waals surface area contributed by atoms with Gasteiger partial charge in [-0.25, -0.2) is 4.39 Å². The van der Waals surface area contributed by atoms with Crippen molar-refractivity contribution in [1.29, 1.82) is 0 Å². The third kappa shape index (κ3) is 7.22. The van der Waals surface area contributed by atoms with Crippen LogP contribution in [0.3, 0.4) is 0 Å². The highest BCUT2D eigenvalue weighted by Gasteiger charge is 2.29. The molecule has 2 N–H and O–H groups in total. The number of para-hydroxylation sites is 1. The van der Waals surface area contributed by atoms with Crippen molar-refractivity contribution in [3.05, 3.63) is 48.3 Å². The zero-order valence-corrected chi connectivity index (χ0v) is 14.8. The number of benzene rings is 2. The topological polar surface area (TPSA) is 50.4 Å². The van der Waals surface area contributed by atoms with E-state index in [-0.39, 0.29) is 33.8 Å². The average Bonchev–Trinajstić information content (AvgIpc) is 2.59. The van der Waals surface area contributed by atoms with Gasteiger partial charge in [-0.1, -0.05) is 23.9 Å². The molecular weight excluding hydrogens is 410 g/mol. The smallest absolute Gasteiger partial charge is 0.422 e. The van der Waals surface area contributed by atoms with Crippen LogP contribution < -0.4 is 15.4 Å². The number of carbonyl (C=O) groups is 1. The molecule has 0 bridgehead atoms. The van der Waals surface area contributed by atoms with E-state index in [9.17, 15) is 31.1 Å². The fourth-order valence-corrected chi connectivity index (χ4v) is 2.66. The second kappa shape index (κ2) is 9.58. The predicted octanol–water partition coefficient (Wildman–Crippen LogP) is 5.13. The summed E-state index contributed by atoms with van der Waals surface area (Å²) in [5, 5.41) is 4.88. The number of halogens is 6. The fraction of sp³-hybridized carbons (Fsp3) is 0.235. The summed E-state index contributed by atoms with van der Waals surface area (Å²) < 4.78 is 80.0. The van der Waals surface area contributed by atoms with Crippen LogP contribution in [0.2, 0.25) is 0 Å². The monoisotopic (exact) mass is 424 g/mol. The van der Waals surface area contributed by atoms with Crippen LogP contribution in [0.15, 0.2) is 47.4 Å². The number of ether oxygens (including phenoxy) is 1. The van der Waals surface area contributed by atoms with Crippen molar-refractivity contribution in [3.8, 4) is 5.75 Å². The first-order chi connectivity index (χ1) is 13.1. The van der Waals surface area contributed by atoms with Gasteiger partial charge in [0.15, 0.2) is 6.61 Å². The summed E-state index contributed by atoms with van der Waals surface area (Å²) in [5.74, 6) is -4.40. The zero-order valence-electron chi connectivity index (χ0n) is 14.0. The van der Waals surface area contributed by atoms with Crippen molar-refractivity contribution in [2.45, 2.75) is 16.8 Å². The SMILES string of the molecule is O=C(CNc1cc(F)ccc1OCC(F)(F)F)Nc1ccccc1SC(F)F. The number of alkyl halides is 5. The molecule has 2 rings (SSSR count). The number of amides is 1. The molecule has 0 aliphatic carbocycles. The molecule has 0 saturated heterocycles. The van der Waals surface area contributed by atoms with E-state index in [0.717, 1.165) is 18.2 Å². The largest absolute Gasteiger partial charge is 0.482 e. The minimum atomic E-state index is -4.59. The molecule has 0 aromatic heterocycles. The summed E-state index contributed by atoms with van der Waals surface area (Å²) in [5.41, 5.74) is -0.0120. The van der Waals surface area contributed by atoms with Gasteiger partial charge in [0.1, 0.15) is 11.6 Å². The van der Waals surface area contributed by atoms with Crippen LogP contribution in [0.5, 0.6) is 5.75 Å². The molecule has 2 aromatic rings. The van der Waals surface area contributed by atoms with Crippen LogP contribution >= 0.6 is 11.8 Å². The Kier molecular flexibility index (Phi) is 7.44. The van der Waals surface area contributed by atoms with E-state index in [4.69, 9.17) is 0 Å². The van der Waals surface area contributed by atoms with E-state index < -0.39 is 36.8 Å². The summed E-state index contributed by atoms with van der Waals surface area (Å²) in [6.07, 6.45) is -4.59. The molecule has 0 radical (unpaired) electrons. The molecule has 0 fully saturated rings. The highest BCUT2D eigenvalue weighted by atomic mass is 32.2. The lowest BCUT2D eigenvalue weighted by atomic mass is 10.2. The first-order valence-corrected chi connectivity index (χ1v) is 8.58. The molecule has 0 aliphatic heterocycles. The number of thioether (sulfide) groups is 1. The molecule has 4 nitrogen and oxygen atoms in total. The second-order valence-corrected chi connectivity index (χ2v) is 6.35. The molecule has 28 heavy (non-hydrogen) atoms. The number of anilines is 2. The molecule has 0 atom stereocenters. The quantitative estimate of drug-likeness (QED) is 0.456. The maximum atomic E-state index is 13.4. The Morgan fingerprint density at radius 3 is 2.50 bits per heavy atom. The van der Waals surface area contributed by atoms with Gasteiger partial charge in [0.2, 0.25) is 5.91 Å². The lowest BCUT2D eigenvalue weighted by molar-refractivity contribution is -0.153. The van der Waals surface area contributed by atoms with Gasteiger partial charge in [-0.2, -0.15) is 22.0 Å². The van der Waals surface area contributed by atoms with E-state index in [1.54, 1.807) is 0 Å². The van der Waals surface area contributed by atoms with Gasteiger partial charge in [-0.15, -0.1) is 0 Å². The Bertz CT molecular complexity index is 816. The Labute approximate surface area is 160 Å². The third-order valence-corrected chi connectivity index (χ3v) is 3.94. The van der Waals surface area contributed by atoms with E-state index in [2.05, 4.69) is 15.4 Å². The highest BCUT2D eigenvalue weighted by Crippen LogP contribution is 2.32. The van der Waals surface area contributed by atoms with Crippen molar-refractivity contribution in [2.24, 2.45) is 0 Å². The molecule has 0 unspecified atom stereocenters. The zero-order chi connectivity index (χ0) is 20.7. The van der Waals surface area contributed by atoms with Crippen molar-refractivity contribution in [3.63, 3.8) is 0 Å². The van der Waals surface area contributed by atoms with Gasteiger partial charge in [-0.3, -0.25) is 4.79 Å². The number of carbonyl (C=O) groups excluding carboxylic acids is 1. The summed E-state index contributed by atoms with van der Waals surface area (Å²) in [6, 6.07) is 8.66. The Balaban J connectivity index is 2.02. The predicted molar refractivity (Wildman–Crippen MR) is 93.4 cm³/mol. The van der Waals surface area contributed by atoms with Gasteiger partial charge in [0.05, 0.1) is 17.9 Å². The van der Waals surface area contributed by atoms with Crippen LogP contribution in [-0.4, -0.2) is 31.0 Å². The molecule has 0 aliphatic rings. The van der Waals surface area contributed by atoms with Crippen LogP contribution in [0.25, 0.3) is 0 Å². The van der Waals surface area contributed by atoms with Crippen LogP contribution in [-0.2, 0) is 4.79 Å². The normalized spacial score (nSPS) is 11.4. The lowest BCUT2D eigenvalue weighted by Gasteiger charge is -2.15. The van der Waals surface area contributed by atoms with E-state index in [1.807, 2.05) is 0 Å². The van der Waals surface area contributed by atoms with Crippen molar-refractivity contribution in [2.75, 3.05) is 23.8 Å². The molecule has 0 spiro atoms. The molecule has 1 amide bonds. The standard InChI is InChI=1S/C17H14F6N2O2S/c18-10-5-6-13(27-9-17(21,22)23)12(7-10)24-8-15(26)25-11-3-1-2-4-14(11)28-16(19)20/h1-7,16,24H,8-9H2,(H,25,26). The lowest BCUT2D eigenvalue weighted by Crippen LogP contribution is -2.23. The number of hydrogen-bond acceptors (Lipinski definition) is 4. The minimum absolute atomic E-state index is 0.144. The van der Waals surface area contributed by atoms with Crippen LogP contribution in [0.1, 0.15) is 0 Å². The van der Waals surface area contributed by atoms with E-state index in [1.165, 1.54) is 24.3 Å². The average molecular weight is 424 g/mol. The van der Waals surface area contributed by atoms with Gasteiger partial charge < -0.3 is 15.4 Å². The summed E-state index contributed by atoms with van der Waals surface area (Å²) in [4.78, 5) is 12.2. The maximum Gasteiger partial charge on any atom is 0.422 e. The first kappa shape index (κ1) is 21.7. The number of nitrogens with one attached hydrogen (secondary N) is 2. The Morgan fingerprint density at radius 2 is 1.82 bits per heavy atom. The van der Waals surface area contributed by atoms with Crippen LogP contribution in [0, 0.1) is 5.82 Å². The number of rotatable bonds is 8. The van der Waals surface area contributed by atoms with Gasteiger partial charge in [0, 0.05) is 11.0 Å². The summed E-state index contributed by atoms with van der Waals surface area (Å²) in [7, 11) is 0. The molecule has 0 heterocycles. The summed E-state index contributed by atoms with van der Waals surface area (Å²) >= 11 is 0.250. The molecule has 152 valence electrons. The van der Waals surface area contributed by atoms with E-state index in [0.29, 0.717) is 0 Å². The molecule has 0 saturated carbocycles. The summed E-state index contributed by atoms with van der Waals surface area (Å²) in [6.45, 7) is -2.04. The number of hydrogen-bond donors (Lipinski definition) is 2. The second-order valence-electron chi connectivity index (χ2n) is 5.32. The minimum Gasteiger partial charge on any atom is -0.482 e. The van der Waals surface area contributed by atoms with Crippen molar-refractivity contribution >= 4 is 29.0 Å². The highest BCUT2D eigenvalue weighted by molar-refractivity contribution is 7.99. The Morgan fingerprint density at radius 1 is 1.11 bits per heavy atom. The maximum absolute atomic E-state index is 13.4.